The number of halogens is 2. The van der Waals surface area contributed by atoms with Crippen LogP contribution < -0.4 is 0 Å². The van der Waals surface area contributed by atoms with Crippen molar-refractivity contribution in [3.63, 3.8) is 0 Å². The number of aryl methyl sites for hydroxylation is 1. The lowest BCUT2D eigenvalue weighted by Gasteiger charge is -2.14. The zero-order chi connectivity index (χ0) is 9.42. The van der Waals surface area contributed by atoms with E-state index in [-0.39, 0.29) is 11.6 Å². The van der Waals surface area contributed by atoms with Crippen LogP contribution in [0, 0.1) is 5.82 Å². The molecule has 1 nitrogen and oxygen atoms in total. The molecule has 1 aliphatic carbocycles. The Hall–Kier alpha value is -0.700. The summed E-state index contributed by atoms with van der Waals surface area (Å²) < 4.78 is 13.5. The van der Waals surface area contributed by atoms with Gasteiger partial charge in [0.15, 0.2) is 5.78 Å². The number of rotatable bonds is 0. The highest BCUT2D eigenvalue weighted by Gasteiger charge is 2.18. The first kappa shape index (κ1) is 8.88. The first-order valence-corrected chi connectivity index (χ1v) is 4.99. The van der Waals surface area contributed by atoms with E-state index >= 15 is 0 Å². The number of carbonyl (C=O) groups is 1. The minimum absolute atomic E-state index is 0.0626. The second-order valence-electron chi connectivity index (χ2n) is 3.20. The summed E-state index contributed by atoms with van der Waals surface area (Å²) in [4.78, 5) is 11.4. The zero-order valence-corrected chi connectivity index (χ0v) is 8.53. The maximum absolute atomic E-state index is 13.1. The second-order valence-corrected chi connectivity index (χ2v) is 4.05. The van der Waals surface area contributed by atoms with Crippen molar-refractivity contribution in [2.75, 3.05) is 0 Å². The van der Waals surface area contributed by atoms with Crippen molar-refractivity contribution in [3.8, 4) is 0 Å². The van der Waals surface area contributed by atoms with Crippen LogP contribution in [0.1, 0.15) is 28.8 Å². The Morgan fingerprint density at radius 3 is 2.85 bits per heavy atom. The van der Waals surface area contributed by atoms with Gasteiger partial charge in [-0.15, -0.1) is 0 Å². The molecule has 68 valence electrons. The number of hydrogen-bond acceptors (Lipinski definition) is 1. The SMILES string of the molecule is O=C1CCCc2cc(Br)c(F)cc21. The van der Waals surface area contributed by atoms with Gasteiger partial charge in [-0.2, -0.15) is 0 Å². The van der Waals surface area contributed by atoms with Crippen molar-refractivity contribution in [1.82, 2.24) is 0 Å². The Morgan fingerprint density at radius 1 is 1.31 bits per heavy atom. The van der Waals surface area contributed by atoms with Gasteiger partial charge in [-0.3, -0.25) is 4.79 Å². The van der Waals surface area contributed by atoms with E-state index in [1.807, 2.05) is 0 Å². The van der Waals surface area contributed by atoms with E-state index in [4.69, 9.17) is 0 Å². The van der Waals surface area contributed by atoms with Crippen LogP contribution in [0.15, 0.2) is 16.6 Å². The van der Waals surface area contributed by atoms with Crippen LogP contribution in [-0.4, -0.2) is 5.78 Å². The van der Waals surface area contributed by atoms with Gasteiger partial charge >= 0.3 is 0 Å². The third-order valence-corrected chi connectivity index (χ3v) is 2.90. The highest BCUT2D eigenvalue weighted by Crippen LogP contribution is 2.26. The largest absolute Gasteiger partial charge is 0.294 e. The first-order chi connectivity index (χ1) is 6.18. The van der Waals surface area contributed by atoms with E-state index in [0.717, 1.165) is 18.4 Å². The predicted octanol–water partition coefficient (Wildman–Crippen LogP) is 3.11. The van der Waals surface area contributed by atoms with Gasteiger partial charge < -0.3 is 0 Å². The molecule has 0 aromatic heterocycles. The van der Waals surface area contributed by atoms with Gasteiger partial charge in [0.1, 0.15) is 5.82 Å². The monoisotopic (exact) mass is 242 g/mol. The van der Waals surface area contributed by atoms with Crippen LogP contribution >= 0.6 is 15.9 Å². The first-order valence-electron chi connectivity index (χ1n) is 4.19. The van der Waals surface area contributed by atoms with E-state index in [0.29, 0.717) is 16.5 Å². The van der Waals surface area contributed by atoms with Gasteiger partial charge in [0, 0.05) is 12.0 Å². The quantitative estimate of drug-likeness (QED) is 0.684. The molecule has 1 aromatic rings. The smallest absolute Gasteiger partial charge is 0.163 e. The highest BCUT2D eigenvalue weighted by molar-refractivity contribution is 9.10. The third kappa shape index (κ3) is 1.53. The molecule has 0 fully saturated rings. The lowest BCUT2D eigenvalue weighted by atomic mass is 9.91. The molecular formula is C10H8BrFO. The standard InChI is InChI=1S/C10H8BrFO/c11-8-4-6-2-1-3-10(13)7(6)5-9(8)12/h4-5H,1-3H2. The molecular weight excluding hydrogens is 235 g/mol. The minimum atomic E-state index is -0.353. The number of benzene rings is 1. The summed E-state index contributed by atoms with van der Waals surface area (Å²) in [5.74, 6) is -0.290. The molecule has 0 atom stereocenters. The zero-order valence-electron chi connectivity index (χ0n) is 6.94. The lowest BCUT2D eigenvalue weighted by molar-refractivity contribution is 0.0972. The van der Waals surface area contributed by atoms with Crippen molar-refractivity contribution in [2.24, 2.45) is 0 Å². The Bertz CT molecular complexity index is 373. The Labute approximate surface area is 84.1 Å². The van der Waals surface area contributed by atoms with Crippen molar-refractivity contribution in [3.05, 3.63) is 33.5 Å². The van der Waals surface area contributed by atoms with Crippen LogP contribution in [-0.2, 0) is 6.42 Å². The van der Waals surface area contributed by atoms with Crippen molar-refractivity contribution in [2.45, 2.75) is 19.3 Å². The molecule has 0 unspecified atom stereocenters. The average molecular weight is 243 g/mol. The molecule has 0 heterocycles. The molecule has 0 N–H and O–H groups in total. The molecule has 0 saturated carbocycles. The number of ketones is 1. The molecule has 0 bridgehead atoms. The van der Waals surface area contributed by atoms with Crippen molar-refractivity contribution in [1.29, 1.82) is 0 Å². The fraction of sp³-hybridized carbons (Fsp3) is 0.300. The number of hydrogen-bond donors (Lipinski definition) is 0. The topological polar surface area (TPSA) is 17.1 Å². The van der Waals surface area contributed by atoms with Crippen molar-refractivity contribution >= 4 is 21.7 Å². The summed E-state index contributed by atoms with van der Waals surface area (Å²) in [6.45, 7) is 0. The molecule has 3 heteroatoms. The van der Waals surface area contributed by atoms with Gasteiger partial charge in [-0.25, -0.2) is 4.39 Å². The number of fused-ring (bicyclic) bond motifs is 1. The normalized spacial score (nSPS) is 15.7. The van der Waals surface area contributed by atoms with E-state index in [1.54, 1.807) is 6.07 Å². The van der Waals surface area contributed by atoms with Crippen LogP contribution in [0.2, 0.25) is 0 Å². The maximum Gasteiger partial charge on any atom is 0.163 e. The van der Waals surface area contributed by atoms with Crippen LogP contribution in [0.25, 0.3) is 0 Å². The molecule has 0 amide bonds. The van der Waals surface area contributed by atoms with E-state index in [2.05, 4.69) is 15.9 Å². The maximum atomic E-state index is 13.1. The Kier molecular flexibility index (Phi) is 2.20. The number of Topliss-reactive ketones (excluding diaryl/α,β-unsaturated/α-hetero) is 1. The molecule has 0 spiro atoms. The Balaban J connectivity index is 2.58. The molecule has 0 aliphatic heterocycles. The summed E-state index contributed by atoms with van der Waals surface area (Å²) in [6, 6.07) is 3.04. The van der Waals surface area contributed by atoms with E-state index in [9.17, 15) is 9.18 Å². The summed E-state index contributed by atoms with van der Waals surface area (Å²) in [7, 11) is 0. The van der Waals surface area contributed by atoms with Crippen LogP contribution in [0.4, 0.5) is 4.39 Å². The molecule has 1 aromatic carbocycles. The minimum Gasteiger partial charge on any atom is -0.294 e. The average Bonchev–Trinajstić information content (AvgIpc) is 2.09. The number of carbonyl (C=O) groups excluding carboxylic acids is 1. The summed E-state index contributed by atoms with van der Waals surface area (Å²) in [5.41, 5.74) is 1.52. The fourth-order valence-electron chi connectivity index (χ4n) is 1.63. The van der Waals surface area contributed by atoms with Crippen LogP contribution in [0.3, 0.4) is 0 Å². The van der Waals surface area contributed by atoms with Gasteiger partial charge in [-0.1, -0.05) is 0 Å². The third-order valence-electron chi connectivity index (χ3n) is 2.30. The van der Waals surface area contributed by atoms with E-state index < -0.39 is 0 Å². The van der Waals surface area contributed by atoms with Gasteiger partial charge in [0.25, 0.3) is 0 Å². The summed E-state index contributed by atoms with van der Waals surface area (Å²) in [6.07, 6.45) is 2.30. The summed E-state index contributed by atoms with van der Waals surface area (Å²) in [5, 5.41) is 0. The van der Waals surface area contributed by atoms with Gasteiger partial charge in [0.05, 0.1) is 4.47 Å². The molecule has 1 aliphatic rings. The second kappa shape index (κ2) is 3.22. The summed E-state index contributed by atoms with van der Waals surface area (Å²) >= 11 is 3.11. The Morgan fingerprint density at radius 2 is 2.08 bits per heavy atom. The molecule has 0 radical (unpaired) electrons. The predicted molar refractivity (Wildman–Crippen MR) is 51.4 cm³/mol. The highest BCUT2D eigenvalue weighted by atomic mass is 79.9. The molecule has 2 rings (SSSR count). The van der Waals surface area contributed by atoms with Gasteiger partial charge in [-0.05, 0) is 46.5 Å². The van der Waals surface area contributed by atoms with E-state index in [1.165, 1.54) is 6.07 Å². The molecule has 13 heavy (non-hydrogen) atoms. The molecule has 0 saturated heterocycles. The lowest BCUT2D eigenvalue weighted by Crippen LogP contribution is -2.11. The van der Waals surface area contributed by atoms with Crippen molar-refractivity contribution < 1.29 is 9.18 Å². The van der Waals surface area contributed by atoms with Crippen LogP contribution in [0.5, 0.6) is 0 Å². The fourth-order valence-corrected chi connectivity index (χ4v) is 2.02. The van der Waals surface area contributed by atoms with Gasteiger partial charge in [0.2, 0.25) is 0 Å².